The number of halogens is 2. The maximum atomic E-state index is 11.6. The number of nitrogens with zero attached hydrogens (tertiary/aromatic N) is 1. The molecule has 2 N–H and O–H groups in total. The predicted octanol–water partition coefficient (Wildman–Crippen LogP) is 3.88. The zero-order valence-corrected chi connectivity index (χ0v) is 13.1. The lowest BCUT2D eigenvalue weighted by Crippen LogP contribution is -2.18. The van der Waals surface area contributed by atoms with Crippen molar-refractivity contribution >= 4 is 28.9 Å². The molecule has 4 nitrogen and oxygen atoms in total. The van der Waals surface area contributed by atoms with Crippen LogP contribution in [0.2, 0.25) is 10.0 Å². The average molecular weight is 327 g/mol. The van der Waals surface area contributed by atoms with Crippen molar-refractivity contribution in [1.82, 2.24) is 4.57 Å². The van der Waals surface area contributed by atoms with Crippen molar-refractivity contribution < 1.29 is 5.11 Å². The van der Waals surface area contributed by atoms with Crippen LogP contribution in [-0.4, -0.2) is 9.67 Å². The highest BCUT2D eigenvalue weighted by Gasteiger charge is 2.08. The Morgan fingerprint density at radius 1 is 1.29 bits per heavy atom. The molecule has 1 heterocycles. The number of benzene rings is 1. The van der Waals surface area contributed by atoms with Gasteiger partial charge in [-0.15, -0.1) is 0 Å². The fourth-order valence-electron chi connectivity index (χ4n) is 2.00. The van der Waals surface area contributed by atoms with Gasteiger partial charge >= 0.3 is 0 Å². The third kappa shape index (κ3) is 3.93. The molecule has 2 aromatic rings. The van der Waals surface area contributed by atoms with Gasteiger partial charge in [-0.05, 0) is 24.6 Å². The summed E-state index contributed by atoms with van der Waals surface area (Å²) in [7, 11) is 0. The van der Waals surface area contributed by atoms with Gasteiger partial charge in [-0.1, -0.05) is 30.1 Å². The lowest BCUT2D eigenvalue weighted by molar-refractivity contribution is 0.469. The van der Waals surface area contributed by atoms with E-state index in [0.717, 1.165) is 12.1 Å². The van der Waals surface area contributed by atoms with Gasteiger partial charge < -0.3 is 15.0 Å². The Morgan fingerprint density at radius 2 is 2.05 bits per heavy atom. The molecule has 0 radical (unpaired) electrons. The van der Waals surface area contributed by atoms with E-state index in [1.807, 2.05) is 6.92 Å². The molecule has 0 bridgehead atoms. The predicted molar refractivity (Wildman–Crippen MR) is 86.4 cm³/mol. The lowest BCUT2D eigenvalue weighted by atomic mass is 10.2. The minimum absolute atomic E-state index is 0.00967. The summed E-state index contributed by atoms with van der Waals surface area (Å²) in [6, 6.07) is 6.36. The Morgan fingerprint density at radius 3 is 2.76 bits per heavy atom. The molecular formula is C15H16Cl2N2O2. The van der Waals surface area contributed by atoms with Gasteiger partial charge in [0.15, 0.2) is 0 Å². The zero-order valence-electron chi connectivity index (χ0n) is 11.6. The van der Waals surface area contributed by atoms with Crippen molar-refractivity contribution in [1.29, 1.82) is 0 Å². The van der Waals surface area contributed by atoms with Crippen molar-refractivity contribution in [3.8, 4) is 5.75 Å². The van der Waals surface area contributed by atoms with E-state index in [0.29, 0.717) is 23.7 Å². The highest BCUT2D eigenvalue weighted by atomic mass is 35.5. The number of hydrogen-bond donors (Lipinski definition) is 2. The number of aromatic hydroxyl groups is 1. The summed E-state index contributed by atoms with van der Waals surface area (Å²) < 4.78 is 1.65. The standard InChI is InChI=1S/C15H16Cl2N2O2/c1-2-5-19-9-12(3-4-14(19)20)18-8-10-6-11(16)7-13(17)15(10)21/h3-4,6-7,9,18,21H,2,5,8H2,1H3. The van der Waals surface area contributed by atoms with Gasteiger partial charge in [0.1, 0.15) is 5.75 Å². The monoisotopic (exact) mass is 326 g/mol. The van der Waals surface area contributed by atoms with Crippen LogP contribution in [0.3, 0.4) is 0 Å². The third-order valence-corrected chi connectivity index (χ3v) is 3.54. The van der Waals surface area contributed by atoms with Crippen molar-refractivity contribution in [2.24, 2.45) is 0 Å². The Labute approximate surface area is 132 Å². The van der Waals surface area contributed by atoms with Gasteiger partial charge in [0.05, 0.1) is 10.7 Å². The average Bonchev–Trinajstić information content (AvgIpc) is 2.44. The van der Waals surface area contributed by atoms with Gasteiger partial charge in [0, 0.05) is 35.9 Å². The number of hydrogen-bond acceptors (Lipinski definition) is 3. The molecule has 0 aliphatic rings. The Bertz CT molecular complexity index is 699. The molecular weight excluding hydrogens is 311 g/mol. The van der Waals surface area contributed by atoms with E-state index in [9.17, 15) is 9.90 Å². The van der Waals surface area contributed by atoms with Gasteiger partial charge in [-0.25, -0.2) is 0 Å². The topological polar surface area (TPSA) is 54.3 Å². The number of rotatable bonds is 5. The van der Waals surface area contributed by atoms with Gasteiger partial charge in [-0.2, -0.15) is 0 Å². The summed E-state index contributed by atoms with van der Waals surface area (Å²) in [6.07, 6.45) is 2.64. The fourth-order valence-corrected chi connectivity index (χ4v) is 2.54. The molecule has 0 amide bonds. The number of aromatic nitrogens is 1. The molecule has 0 saturated heterocycles. The molecule has 0 saturated carbocycles. The van der Waals surface area contributed by atoms with E-state index in [1.54, 1.807) is 22.9 Å². The van der Waals surface area contributed by atoms with Gasteiger partial charge in [-0.3, -0.25) is 4.79 Å². The third-order valence-electron chi connectivity index (χ3n) is 3.04. The first-order valence-corrected chi connectivity index (χ1v) is 7.38. The van der Waals surface area contributed by atoms with Crippen LogP contribution in [0.4, 0.5) is 5.69 Å². The smallest absolute Gasteiger partial charge is 0.250 e. The summed E-state index contributed by atoms with van der Waals surface area (Å²) in [4.78, 5) is 11.6. The quantitative estimate of drug-likeness (QED) is 0.876. The summed E-state index contributed by atoms with van der Waals surface area (Å²) in [5.41, 5.74) is 1.36. The van der Waals surface area contributed by atoms with Crippen LogP contribution in [0, 0.1) is 0 Å². The Hall–Kier alpha value is -1.65. The number of nitrogens with one attached hydrogen (secondary N) is 1. The second-order valence-corrected chi connectivity index (χ2v) is 5.54. The second-order valence-electron chi connectivity index (χ2n) is 4.70. The SMILES string of the molecule is CCCn1cc(NCc2cc(Cl)cc(Cl)c2O)ccc1=O. The van der Waals surface area contributed by atoms with Crippen LogP contribution in [0.5, 0.6) is 5.75 Å². The summed E-state index contributed by atoms with van der Waals surface area (Å²) in [5.74, 6) is 0.00967. The van der Waals surface area contributed by atoms with E-state index in [4.69, 9.17) is 23.2 Å². The van der Waals surface area contributed by atoms with E-state index < -0.39 is 0 Å². The largest absolute Gasteiger partial charge is 0.506 e. The van der Waals surface area contributed by atoms with E-state index in [2.05, 4.69) is 5.32 Å². The molecule has 1 aromatic heterocycles. The van der Waals surface area contributed by atoms with E-state index in [-0.39, 0.29) is 16.3 Å². The summed E-state index contributed by atoms with van der Waals surface area (Å²) >= 11 is 11.8. The molecule has 0 atom stereocenters. The van der Waals surface area contributed by atoms with Gasteiger partial charge in [0.25, 0.3) is 5.56 Å². The van der Waals surface area contributed by atoms with Crippen molar-refractivity contribution in [2.45, 2.75) is 26.4 Å². The molecule has 6 heteroatoms. The van der Waals surface area contributed by atoms with Crippen LogP contribution in [0.1, 0.15) is 18.9 Å². The minimum atomic E-state index is -0.0314. The van der Waals surface area contributed by atoms with Crippen molar-refractivity contribution in [2.75, 3.05) is 5.32 Å². The highest BCUT2D eigenvalue weighted by Crippen LogP contribution is 2.31. The molecule has 0 spiro atoms. The van der Waals surface area contributed by atoms with Crippen LogP contribution in [0.25, 0.3) is 0 Å². The number of aryl methyl sites for hydroxylation is 1. The van der Waals surface area contributed by atoms with Crippen LogP contribution in [-0.2, 0) is 13.1 Å². The normalized spacial score (nSPS) is 10.6. The lowest BCUT2D eigenvalue weighted by Gasteiger charge is -2.11. The molecule has 0 unspecified atom stereocenters. The van der Waals surface area contributed by atoms with Crippen LogP contribution >= 0.6 is 23.2 Å². The molecule has 21 heavy (non-hydrogen) atoms. The Balaban J connectivity index is 2.17. The summed E-state index contributed by atoms with van der Waals surface area (Å²) in [6.45, 7) is 3.04. The zero-order chi connectivity index (χ0) is 15.4. The highest BCUT2D eigenvalue weighted by molar-refractivity contribution is 6.35. The van der Waals surface area contributed by atoms with Crippen molar-refractivity contribution in [3.05, 3.63) is 56.4 Å². The van der Waals surface area contributed by atoms with Crippen molar-refractivity contribution in [3.63, 3.8) is 0 Å². The second kappa shape index (κ2) is 6.87. The first-order chi connectivity index (χ1) is 10.0. The first-order valence-electron chi connectivity index (χ1n) is 6.62. The number of pyridine rings is 1. The van der Waals surface area contributed by atoms with E-state index in [1.165, 1.54) is 12.1 Å². The van der Waals surface area contributed by atoms with Crippen LogP contribution < -0.4 is 10.9 Å². The molecule has 112 valence electrons. The molecule has 0 aliphatic heterocycles. The van der Waals surface area contributed by atoms with Crippen LogP contribution in [0.15, 0.2) is 35.3 Å². The number of phenolic OH excluding ortho intramolecular Hbond substituents is 1. The summed E-state index contributed by atoms with van der Waals surface area (Å²) in [5, 5.41) is 13.7. The maximum Gasteiger partial charge on any atom is 0.250 e. The molecule has 1 aromatic carbocycles. The molecule has 2 rings (SSSR count). The fraction of sp³-hybridized carbons (Fsp3) is 0.267. The Kier molecular flexibility index (Phi) is 5.15. The van der Waals surface area contributed by atoms with E-state index >= 15 is 0 Å². The maximum absolute atomic E-state index is 11.6. The molecule has 0 fully saturated rings. The number of phenols is 1. The molecule has 0 aliphatic carbocycles. The first kappa shape index (κ1) is 15.7. The van der Waals surface area contributed by atoms with Gasteiger partial charge in [0.2, 0.25) is 0 Å². The minimum Gasteiger partial charge on any atom is -0.506 e. The number of anilines is 1.